The van der Waals surface area contributed by atoms with E-state index in [9.17, 15) is 5.11 Å². The first-order chi connectivity index (χ1) is 5.97. The summed E-state index contributed by atoms with van der Waals surface area (Å²) in [7, 11) is 0. The highest BCUT2D eigenvalue weighted by Gasteiger charge is 2.20. The Morgan fingerprint density at radius 1 is 1.23 bits per heavy atom. The van der Waals surface area contributed by atoms with Gasteiger partial charge in [0.2, 0.25) is 0 Å². The van der Waals surface area contributed by atoms with E-state index in [2.05, 4.69) is 6.07 Å². The molecule has 0 saturated carbocycles. The van der Waals surface area contributed by atoms with Gasteiger partial charge in [-0.1, -0.05) is 6.07 Å². The Labute approximate surface area is 76.9 Å². The number of rotatable bonds is 1. The topological polar surface area (TPSA) is 64.2 Å². The second kappa shape index (κ2) is 2.98. The zero-order valence-electron chi connectivity index (χ0n) is 7.57. The molecule has 0 aliphatic heterocycles. The normalized spacial score (nSPS) is 10.8. The summed E-state index contributed by atoms with van der Waals surface area (Å²) in [5, 5.41) is 27.1. The van der Waals surface area contributed by atoms with Crippen LogP contribution in [0.1, 0.15) is 19.4 Å². The van der Waals surface area contributed by atoms with E-state index in [0.717, 1.165) is 0 Å². The molecule has 0 saturated heterocycles. The Hall–Kier alpha value is -1.69. The quantitative estimate of drug-likeness (QED) is 0.644. The standard InChI is InChI=1S/C10H11NO2/c1-10(2,6-11)7-3-4-8(12)9(13)5-7/h3-5,12-13H,1-2H3. The summed E-state index contributed by atoms with van der Waals surface area (Å²) < 4.78 is 0. The van der Waals surface area contributed by atoms with Crippen molar-refractivity contribution in [2.75, 3.05) is 0 Å². The smallest absolute Gasteiger partial charge is 0.157 e. The van der Waals surface area contributed by atoms with Gasteiger partial charge in [-0.3, -0.25) is 0 Å². The molecular weight excluding hydrogens is 166 g/mol. The number of aromatic hydroxyl groups is 2. The van der Waals surface area contributed by atoms with Crippen molar-refractivity contribution in [1.29, 1.82) is 5.26 Å². The molecule has 0 heterocycles. The van der Waals surface area contributed by atoms with Gasteiger partial charge in [-0.2, -0.15) is 5.26 Å². The fraction of sp³-hybridized carbons (Fsp3) is 0.300. The average molecular weight is 177 g/mol. The minimum Gasteiger partial charge on any atom is -0.504 e. The van der Waals surface area contributed by atoms with Crippen LogP contribution in [-0.2, 0) is 5.41 Å². The van der Waals surface area contributed by atoms with Crippen LogP contribution in [0.5, 0.6) is 11.5 Å². The van der Waals surface area contributed by atoms with Gasteiger partial charge < -0.3 is 10.2 Å². The molecule has 0 atom stereocenters. The van der Waals surface area contributed by atoms with E-state index in [-0.39, 0.29) is 11.5 Å². The number of nitriles is 1. The van der Waals surface area contributed by atoms with Crippen molar-refractivity contribution in [3.8, 4) is 17.6 Å². The van der Waals surface area contributed by atoms with Gasteiger partial charge >= 0.3 is 0 Å². The van der Waals surface area contributed by atoms with Crippen molar-refractivity contribution in [1.82, 2.24) is 0 Å². The molecule has 1 rings (SSSR count). The number of phenolic OH excluding ortho intramolecular Hbond substituents is 2. The van der Waals surface area contributed by atoms with Crippen LogP contribution in [0.3, 0.4) is 0 Å². The van der Waals surface area contributed by atoms with Crippen molar-refractivity contribution >= 4 is 0 Å². The lowest BCUT2D eigenvalue weighted by Gasteiger charge is -2.15. The molecule has 0 aliphatic rings. The third kappa shape index (κ3) is 1.73. The summed E-state index contributed by atoms with van der Waals surface area (Å²) in [6.07, 6.45) is 0. The number of hydrogen-bond acceptors (Lipinski definition) is 3. The van der Waals surface area contributed by atoms with E-state index in [0.29, 0.717) is 5.56 Å². The van der Waals surface area contributed by atoms with Crippen LogP contribution >= 0.6 is 0 Å². The van der Waals surface area contributed by atoms with Gasteiger partial charge in [0, 0.05) is 0 Å². The molecule has 0 aliphatic carbocycles. The second-order valence-corrected chi connectivity index (χ2v) is 3.44. The zero-order valence-corrected chi connectivity index (χ0v) is 7.57. The maximum Gasteiger partial charge on any atom is 0.157 e. The fourth-order valence-corrected chi connectivity index (χ4v) is 0.977. The summed E-state index contributed by atoms with van der Waals surface area (Å²) >= 11 is 0. The first-order valence-electron chi connectivity index (χ1n) is 3.91. The molecule has 2 N–H and O–H groups in total. The molecule has 0 bridgehead atoms. The predicted octanol–water partition coefficient (Wildman–Crippen LogP) is 1.90. The summed E-state index contributed by atoms with van der Waals surface area (Å²) in [5.41, 5.74) is 0.0378. The first kappa shape index (κ1) is 9.40. The first-order valence-corrected chi connectivity index (χ1v) is 3.91. The van der Waals surface area contributed by atoms with Crippen LogP contribution in [0.25, 0.3) is 0 Å². The van der Waals surface area contributed by atoms with Gasteiger partial charge in [0.05, 0.1) is 11.5 Å². The van der Waals surface area contributed by atoms with Gasteiger partial charge in [0.25, 0.3) is 0 Å². The molecule has 0 fully saturated rings. The average Bonchev–Trinajstić information content (AvgIpc) is 2.09. The molecule has 3 heteroatoms. The maximum atomic E-state index is 9.20. The molecule has 0 unspecified atom stereocenters. The minimum atomic E-state index is -0.648. The Morgan fingerprint density at radius 3 is 2.31 bits per heavy atom. The monoisotopic (exact) mass is 177 g/mol. The van der Waals surface area contributed by atoms with Crippen molar-refractivity contribution in [3.63, 3.8) is 0 Å². The van der Waals surface area contributed by atoms with Crippen molar-refractivity contribution in [2.45, 2.75) is 19.3 Å². The molecule has 0 radical (unpaired) electrons. The SMILES string of the molecule is CC(C)(C#N)c1ccc(O)c(O)c1. The lowest BCUT2D eigenvalue weighted by molar-refractivity contribution is 0.402. The van der Waals surface area contributed by atoms with Gasteiger partial charge in [0.15, 0.2) is 11.5 Å². The van der Waals surface area contributed by atoms with Gasteiger partial charge in [0.1, 0.15) is 0 Å². The largest absolute Gasteiger partial charge is 0.504 e. The van der Waals surface area contributed by atoms with Crippen molar-refractivity contribution < 1.29 is 10.2 Å². The molecule has 1 aromatic rings. The zero-order chi connectivity index (χ0) is 10.1. The highest BCUT2D eigenvalue weighted by Crippen LogP contribution is 2.30. The molecule has 1 aromatic carbocycles. The molecule has 0 amide bonds. The van der Waals surface area contributed by atoms with Crippen LogP contribution in [0, 0.1) is 11.3 Å². The van der Waals surface area contributed by atoms with Gasteiger partial charge in [-0.05, 0) is 31.5 Å². The Morgan fingerprint density at radius 2 is 1.85 bits per heavy atom. The third-order valence-electron chi connectivity index (χ3n) is 1.98. The van der Waals surface area contributed by atoms with E-state index in [4.69, 9.17) is 10.4 Å². The predicted molar refractivity (Wildman–Crippen MR) is 48.4 cm³/mol. The second-order valence-electron chi connectivity index (χ2n) is 3.44. The number of phenols is 2. The van der Waals surface area contributed by atoms with E-state index in [1.165, 1.54) is 12.1 Å². The number of benzene rings is 1. The molecular formula is C10H11NO2. The minimum absolute atomic E-state index is 0.169. The molecule has 68 valence electrons. The van der Waals surface area contributed by atoms with Crippen LogP contribution in [0.15, 0.2) is 18.2 Å². The lowest BCUT2D eigenvalue weighted by atomic mass is 9.86. The van der Waals surface area contributed by atoms with Crippen LogP contribution in [-0.4, -0.2) is 10.2 Å². The van der Waals surface area contributed by atoms with Crippen LogP contribution < -0.4 is 0 Å². The van der Waals surface area contributed by atoms with Crippen molar-refractivity contribution in [3.05, 3.63) is 23.8 Å². The summed E-state index contributed by atoms with van der Waals surface area (Å²) in [6, 6.07) is 6.51. The summed E-state index contributed by atoms with van der Waals surface area (Å²) in [6.45, 7) is 3.50. The Bertz CT molecular complexity index is 364. The molecule has 3 nitrogen and oxygen atoms in total. The van der Waals surface area contributed by atoms with E-state index in [1.807, 2.05) is 0 Å². The van der Waals surface area contributed by atoms with Gasteiger partial charge in [-0.25, -0.2) is 0 Å². The van der Waals surface area contributed by atoms with Crippen LogP contribution in [0.4, 0.5) is 0 Å². The molecule has 0 aromatic heterocycles. The summed E-state index contributed by atoms with van der Waals surface area (Å²) in [4.78, 5) is 0. The Balaban J connectivity index is 3.20. The maximum absolute atomic E-state index is 9.20. The highest BCUT2D eigenvalue weighted by molar-refractivity contribution is 5.44. The third-order valence-corrected chi connectivity index (χ3v) is 1.98. The highest BCUT2D eigenvalue weighted by atomic mass is 16.3. The van der Waals surface area contributed by atoms with E-state index in [1.54, 1.807) is 19.9 Å². The lowest BCUT2D eigenvalue weighted by Crippen LogP contribution is -2.13. The molecule has 13 heavy (non-hydrogen) atoms. The van der Waals surface area contributed by atoms with Gasteiger partial charge in [-0.15, -0.1) is 0 Å². The molecule has 0 spiro atoms. The van der Waals surface area contributed by atoms with Crippen LogP contribution in [0.2, 0.25) is 0 Å². The van der Waals surface area contributed by atoms with E-state index < -0.39 is 5.41 Å². The summed E-state index contributed by atoms with van der Waals surface area (Å²) in [5.74, 6) is -0.363. The van der Waals surface area contributed by atoms with Crippen molar-refractivity contribution in [2.24, 2.45) is 0 Å². The fourth-order valence-electron chi connectivity index (χ4n) is 0.977. The number of nitrogens with zero attached hydrogens (tertiary/aromatic N) is 1. The number of hydrogen-bond donors (Lipinski definition) is 2. The Kier molecular flexibility index (Phi) is 2.16. The van der Waals surface area contributed by atoms with E-state index >= 15 is 0 Å².